The SMILES string of the molecule is Cc1cc(C)nc(-n2nc(C)cc2NC(=O)CNC(C)c2ccccc2Br)n1. The summed E-state index contributed by atoms with van der Waals surface area (Å²) in [5, 5.41) is 10.6. The van der Waals surface area contributed by atoms with E-state index in [4.69, 9.17) is 0 Å². The summed E-state index contributed by atoms with van der Waals surface area (Å²) in [6.45, 7) is 7.85. The molecule has 0 aliphatic rings. The molecule has 0 radical (unpaired) electrons. The largest absolute Gasteiger partial charge is 0.309 e. The first kappa shape index (κ1) is 20.2. The van der Waals surface area contributed by atoms with E-state index < -0.39 is 0 Å². The van der Waals surface area contributed by atoms with Gasteiger partial charge in [-0.3, -0.25) is 4.79 Å². The number of carbonyl (C=O) groups excluding carboxylic acids is 1. The zero-order valence-electron chi connectivity index (χ0n) is 16.3. The molecular weight excluding hydrogens is 420 g/mol. The van der Waals surface area contributed by atoms with E-state index in [1.165, 1.54) is 0 Å². The normalized spacial score (nSPS) is 12.0. The molecule has 0 spiro atoms. The third-order valence-corrected chi connectivity index (χ3v) is 4.92. The Morgan fingerprint density at radius 2 is 1.79 bits per heavy atom. The molecule has 7 nitrogen and oxygen atoms in total. The highest BCUT2D eigenvalue weighted by atomic mass is 79.9. The summed E-state index contributed by atoms with van der Waals surface area (Å²) >= 11 is 3.54. The molecule has 1 aromatic carbocycles. The molecule has 1 amide bonds. The van der Waals surface area contributed by atoms with Gasteiger partial charge in [0.05, 0.1) is 12.2 Å². The van der Waals surface area contributed by atoms with Crippen molar-refractivity contribution in [2.45, 2.75) is 33.7 Å². The quantitative estimate of drug-likeness (QED) is 0.608. The second-order valence-corrected chi connectivity index (χ2v) is 7.56. The van der Waals surface area contributed by atoms with Crippen molar-refractivity contribution >= 4 is 27.7 Å². The van der Waals surface area contributed by atoms with Crippen molar-refractivity contribution < 1.29 is 4.79 Å². The van der Waals surface area contributed by atoms with Gasteiger partial charge >= 0.3 is 0 Å². The van der Waals surface area contributed by atoms with Crippen LogP contribution >= 0.6 is 15.9 Å². The average molecular weight is 443 g/mol. The molecule has 2 N–H and O–H groups in total. The molecule has 3 rings (SSSR count). The summed E-state index contributed by atoms with van der Waals surface area (Å²) in [6, 6.07) is 11.7. The Morgan fingerprint density at radius 3 is 2.46 bits per heavy atom. The molecule has 0 aliphatic carbocycles. The highest BCUT2D eigenvalue weighted by Gasteiger charge is 2.15. The maximum atomic E-state index is 12.5. The van der Waals surface area contributed by atoms with Crippen LogP contribution in [0, 0.1) is 20.8 Å². The number of nitrogens with zero attached hydrogens (tertiary/aromatic N) is 4. The molecule has 0 saturated carbocycles. The van der Waals surface area contributed by atoms with Crippen molar-refractivity contribution in [3.63, 3.8) is 0 Å². The maximum absolute atomic E-state index is 12.5. The number of hydrogen-bond acceptors (Lipinski definition) is 5. The van der Waals surface area contributed by atoms with Gasteiger partial charge in [-0.25, -0.2) is 9.97 Å². The van der Waals surface area contributed by atoms with Gasteiger partial charge < -0.3 is 10.6 Å². The third-order valence-electron chi connectivity index (χ3n) is 4.20. The van der Waals surface area contributed by atoms with E-state index in [1.54, 1.807) is 10.7 Å². The van der Waals surface area contributed by atoms with E-state index >= 15 is 0 Å². The molecule has 3 aromatic rings. The fraction of sp³-hybridized carbons (Fsp3) is 0.300. The van der Waals surface area contributed by atoms with Crippen LogP contribution in [0.4, 0.5) is 5.82 Å². The zero-order chi connectivity index (χ0) is 20.3. The van der Waals surface area contributed by atoms with Crippen molar-refractivity contribution in [2.24, 2.45) is 0 Å². The van der Waals surface area contributed by atoms with Crippen molar-refractivity contribution in [2.75, 3.05) is 11.9 Å². The third kappa shape index (κ3) is 4.82. The topological polar surface area (TPSA) is 84.7 Å². The first-order chi connectivity index (χ1) is 13.3. The van der Waals surface area contributed by atoms with Gasteiger partial charge in [0.2, 0.25) is 5.91 Å². The Bertz CT molecular complexity index is 980. The van der Waals surface area contributed by atoms with Crippen LogP contribution in [0.5, 0.6) is 0 Å². The smallest absolute Gasteiger partial charge is 0.252 e. The van der Waals surface area contributed by atoms with Gasteiger partial charge in [0.25, 0.3) is 5.95 Å². The number of amides is 1. The Hall–Kier alpha value is -2.58. The average Bonchev–Trinajstić information content (AvgIpc) is 2.99. The molecule has 1 unspecified atom stereocenters. The Kier molecular flexibility index (Phi) is 6.21. The molecule has 146 valence electrons. The number of carbonyl (C=O) groups is 1. The summed E-state index contributed by atoms with van der Waals surface area (Å²) in [4.78, 5) is 21.3. The molecular formula is C20H23BrN6O. The highest BCUT2D eigenvalue weighted by Crippen LogP contribution is 2.22. The second kappa shape index (κ2) is 8.62. The number of benzene rings is 1. The lowest BCUT2D eigenvalue weighted by atomic mass is 10.1. The van der Waals surface area contributed by atoms with Crippen molar-refractivity contribution in [3.05, 3.63) is 63.5 Å². The molecule has 2 aromatic heterocycles. The summed E-state index contributed by atoms with van der Waals surface area (Å²) in [6.07, 6.45) is 0. The number of rotatable bonds is 6. The minimum atomic E-state index is -0.163. The van der Waals surface area contributed by atoms with Crippen molar-refractivity contribution in [1.82, 2.24) is 25.1 Å². The summed E-state index contributed by atoms with van der Waals surface area (Å²) in [5.41, 5.74) is 3.56. The van der Waals surface area contributed by atoms with Crippen molar-refractivity contribution in [3.8, 4) is 5.95 Å². The Labute approximate surface area is 172 Å². The molecule has 0 bridgehead atoms. The van der Waals surface area contributed by atoms with Crippen LogP contribution in [0.25, 0.3) is 5.95 Å². The molecule has 0 fully saturated rings. The predicted octanol–water partition coefficient (Wildman–Crippen LogP) is 3.64. The lowest BCUT2D eigenvalue weighted by Crippen LogP contribution is -2.31. The summed E-state index contributed by atoms with van der Waals surface area (Å²) in [7, 11) is 0. The lowest BCUT2D eigenvalue weighted by molar-refractivity contribution is -0.115. The number of anilines is 1. The Balaban J connectivity index is 1.70. The summed E-state index contributed by atoms with van der Waals surface area (Å²) < 4.78 is 2.57. The maximum Gasteiger partial charge on any atom is 0.252 e. The zero-order valence-corrected chi connectivity index (χ0v) is 17.9. The lowest BCUT2D eigenvalue weighted by Gasteiger charge is -2.16. The summed E-state index contributed by atoms with van der Waals surface area (Å²) in [5.74, 6) is 0.822. The monoisotopic (exact) mass is 442 g/mol. The van der Waals surface area contributed by atoms with E-state index in [0.29, 0.717) is 11.8 Å². The van der Waals surface area contributed by atoms with Gasteiger partial charge in [-0.1, -0.05) is 34.1 Å². The second-order valence-electron chi connectivity index (χ2n) is 6.71. The molecule has 2 heterocycles. The number of aryl methyl sites for hydroxylation is 3. The first-order valence-corrected chi connectivity index (χ1v) is 9.80. The standard InChI is InChI=1S/C20H23BrN6O/c1-12-9-13(2)24-20(23-12)27-18(10-14(3)26-27)25-19(28)11-22-15(4)16-7-5-6-8-17(16)21/h5-10,15,22H,11H2,1-4H3,(H,25,28). The van der Waals surface area contributed by atoms with Gasteiger partial charge in [0, 0.05) is 28.0 Å². The van der Waals surface area contributed by atoms with E-state index in [1.807, 2.05) is 58.0 Å². The van der Waals surface area contributed by atoms with Gasteiger partial charge in [-0.15, -0.1) is 0 Å². The van der Waals surface area contributed by atoms with Crippen LogP contribution in [0.15, 0.2) is 40.9 Å². The number of nitrogens with one attached hydrogen (secondary N) is 2. The van der Waals surface area contributed by atoms with Crippen LogP contribution in [0.2, 0.25) is 0 Å². The fourth-order valence-electron chi connectivity index (χ4n) is 2.91. The van der Waals surface area contributed by atoms with Crippen LogP contribution < -0.4 is 10.6 Å². The number of hydrogen-bond donors (Lipinski definition) is 2. The molecule has 28 heavy (non-hydrogen) atoms. The Morgan fingerprint density at radius 1 is 1.11 bits per heavy atom. The van der Waals surface area contributed by atoms with E-state index in [2.05, 4.69) is 41.6 Å². The van der Waals surface area contributed by atoms with E-state index in [0.717, 1.165) is 27.1 Å². The number of halogens is 1. The molecule has 1 atom stereocenters. The van der Waals surface area contributed by atoms with Crippen molar-refractivity contribution in [1.29, 1.82) is 0 Å². The van der Waals surface area contributed by atoms with Gasteiger partial charge in [-0.2, -0.15) is 9.78 Å². The first-order valence-electron chi connectivity index (χ1n) is 9.00. The molecule has 0 aliphatic heterocycles. The minimum Gasteiger partial charge on any atom is -0.309 e. The van der Waals surface area contributed by atoms with E-state index in [-0.39, 0.29) is 18.5 Å². The van der Waals surface area contributed by atoms with Crippen LogP contribution in [0.3, 0.4) is 0 Å². The minimum absolute atomic E-state index is 0.0238. The highest BCUT2D eigenvalue weighted by molar-refractivity contribution is 9.10. The number of aromatic nitrogens is 4. The van der Waals surface area contributed by atoms with Gasteiger partial charge in [0.15, 0.2) is 0 Å². The van der Waals surface area contributed by atoms with Crippen LogP contribution in [0.1, 0.15) is 35.6 Å². The van der Waals surface area contributed by atoms with Gasteiger partial charge in [0.1, 0.15) is 5.82 Å². The van der Waals surface area contributed by atoms with E-state index in [9.17, 15) is 4.79 Å². The fourth-order valence-corrected chi connectivity index (χ4v) is 3.54. The van der Waals surface area contributed by atoms with Crippen LogP contribution in [-0.2, 0) is 4.79 Å². The van der Waals surface area contributed by atoms with Crippen LogP contribution in [-0.4, -0.2) is 32.2 Å². The molecule has 0 saturated heterocycles. The van der Waals surface area contributed by atoms with Gasteiger partial charge in [-0.05, 0) is 45.4 Å². The molecule has 8 heteroatoms. The predicted molar refractivity (Wildman–Crippen MR) is 113 cm³/mol.